The van der Waals surface area contributed by atoms with Crippen molar-refractivity contribution < 1.29 is 19.4 Å². The van der Waals surface area contributed by atoms with Crippen LogP contribution in [0.5, 0.6) is 0 Å². The zero-order valence-electron chi connectivity index (χ0n) is 12.5. The second kappa shape index (κ2) is 7.44. The number of carboxylic acid groups (broad SMARTS) is 1. The molecule has 0 aliphatic carbocycles. The molecule has 0 saturated carbocycles. The summed E-state index contributed by atoms with van der Waals surface area (Å²) in [4.78, 5) is 26.3. The summed E-state index contributed by atoms with van der Waals surface area (Å²) >= 11 is 0. The molecule has 20 heavy (non-hydrogen) atoms. The lowest BCUT2D eigenvalue weighted by atomic mass is 10.1. The summed E-state index contributed by atoms with van der Waals surface area (Å²) in [7, 11) is 1.62. The van der Waals surface area contributed by atoms with Crippen molar-refractivity contribution in [1.82, 2.24) is 15.1 Å². The van der Waals surface area contributed by atoms with Crippen molar-refractivity contribution >= 4 is 12.0 Å². The zero-order chi connectivity index (χ0) is 15.2. The Labute approximate surface area is 119 Å². The van der Waals surface area contributed by atoms with Gasteiger partial charge in [-0.15, -0.1) is 0 Å². The number of carbonyl (C=O) groups is 2. The van der Waals surface area contributed by atoms with Crippen LogP contribution in [0.15, 0.2) is 0 Å². The molecular weight excluding hydrogens is 262 g/mol. The number of rotatable bonds is 6. The molecule has 0 spiro atoms. The molecule has 1 aliphatic rings. The Morgan fingerprint density at radius 2 is 1.85 bits per heavy atom. The first-order chi connectivity index (χ1) is 9.34. The first kappa shape index (κ1) is 16.7. The molecule has 1 aliphatic heterocycles. The lowest BCUT2D eigenvalue weighted by molar-refractivity contribution is -0.137. The highest BCUT2D eigenvalue weighted by molar-refractivity contribution is 5.74. The van der Waals surface area contributed by atoms with E-state index in [4.69, 9.17) is 9.84 Å². The number of methoxy groups -OCH3 is 1. The van der Waals surface area contributed by atoms with Gasteiger partial charge < -0.3 is 20.1 Å². The van der Waals surface area contributed by atoms with Crippen molar-refractivity contribution in [2.24, 2.45) is 0 Å². The van der Waals surface area contributed by atoms with E-state index in [1.807, 2.05) is 13.8 Å². The summed E-state index contributed by atoms with van der Waals surface area (Å²) in [5.41, 5.74) is -0.376. The van der Waals surface area contributed by atoms with Crippen LogP contribution in [-0.4, -0.2) is 78.9 Å². The quantitative estimate of drug-likeness (QED) is 0.730. The smallest absolute Gasteiger partial charge is 0.317 e. The molecule has 0 unspecified atom stereocenters. The van der Waals surface area contributed by atoms with Gasteiger partial charge in [0.1, 0.15) is 0 Å². The second-order valence-electron chi connectivity index (χ2n) is 5.59. The fraction of sp³-hybridized carbons (Fsp3) is 0.846. The van der Waals surface area contributed by atoms with Gasteiger partial charge in [-0.1, -0.05) is 0 Å². The second-order valence-corrected chi connectivity index (χ2v) is 5.59. The number of hydrogen-bond donors (Lipinski definition) is 2. The molecule has 2 N–H and O–H groups in total. The monoisotopic (exact) mass is 287 g/mol. The van der Waals surface area contributed by atoms with E-state index in [1.165, 1.54) is 0 Å². The third-order valence-corrected chi connectivity index (χ3v) is 3.52. The van der Waals surface area contributed by atoms with Crippen molar-refractivity contribution in [2.75, 3.05) is 46.4 Å². The summed E-state index contributed by atoms with van der Waals surface area (Å²) in [5.74, 6) is -0.785. The van der Waals surface area contributed by atoms with Crippen LogP contribution in [0.2, 0.25) is 0 Å². The van der Waals surface area contributed by atoms with Gasteiger partial charge in [0.15, 0.2) is 0 Å². The van der Waals surface area contributed by atoms with Gasteiger partial charge in [-0.25, -0.2) is 4.79 Å². The van der Waals surface area contributed by atoms with Crippen LogP contribution >= 0.6 is 0 Å². The molecule has 7 nitrogen and oxygen atoms in total. The van der Waals surface area contributed by atoms with E-state index >= 15 is 0 Å². The molecule has 2 amide bonds. The van der Waals surface area contributed by atoms with Crippen molar-refractivity contribution in [3.63, 3.8) is 0 Å². The predicted octanol–water partition coefficient (Wildman–Crippen LogP) is 0.213. The summed E-state index contributed by atoms with van der Waals surface area (Å²) in [6.45, 7) is 7.51. The Hall–Kier alpha value is -1.34. The molecular formula is C13H25N3O4. The van der Waals surface area contributed by atoms with Crippen molar-refractivity contribution in [1.29, 1.82) is 0 Å². The summed E-state index contributed by atoms with van der Waals surface area (Å²) in [6.07, 6.45) is 0.147. The van der Waals surface area contributed by atoms with Gasteiger partial charge in [0.2, 0.25) is 0 Å². The van der Waals surface area contributed by atoms with Crippen LogP contribution in [0.25, 0.3) is 0 Å². The lowest BCUT2D eigenvalue weighted by Gasteiger charge is -2.35. The first-order valence-electron chi connectivity index (χ1n) is 6.86. The minimum atomic E-state index is -0.785. The number of carboxylic acids is 1. The molecule has 0 radical (unpaired) electrons. The van der Waals surface area contributed by atoms with Crippen molar-refractivity contribution in [3.8, 4) is 0 Å². The highest BCUT2D eigenvalue weighted by Gasteiger charge is 2.23. The van der Waals surface area contributed by atoms with E-state index in [-0.39, 0.29) is 18.1 Å². The van der Waals surface area contributed by atoms with E-state index in [2.05, 4.69) is 10.2 Å². The van der Waals surface area contributed by atoms with Crippen LogP contribution in [0.3, 0.4) is 0 Å². The largest absolute Gasteiger partial charge is 0.481 e. The van der Waals surface area contributed by atoms with E-state index in [1.54, 1.807) is 12.0 Å². The van der Waals surface area contributed by atoms with E-state index in [0.717, 1.165) is 0 Å². The highest BCUT2D eigenvalue weighted by atomic mass is 16.5. The molecule has 7 heteroatoms. The average Bonchev–Trinajstić information content (AvgIpc) is 2.43. The maximum atomic E-state index is 12.0. The number of urea groups is 1. The fourth-order valence-electron chi connectivity index (χ4n) is 1.90. The molecule has 1 heterocycles. The van der Waals surface area contributed by atoms with Crippen LogP contribution in [0.4, 0.5) is 4.79 Å². The first-order valence-corrected chi connectivity index (χ1v) is 6.86. The SMILES string of the molecule is COC(C)(C)CNC(=O)N1CCN(CCC(=O)O)CC1. The summed E-state index contributed by atoms with van der Waals surface area (Å²) in [5, 5.41) is 11.5. The number of piperazine rings is 1. The number of amides is 2. The topological polar surface area (TPSA) is 82.1 Å². The Bertz CT molecular complexity index is 339. The van der Waals surface area contributed by atoms with Crippen LogP contribution in [0, 0.1) is 0 Å². The molecule has 1 rings (SSSR count). The van der Waals surface area contributed by atoms with E-state index in [0.29, 0.717) is 39.3 Å². The molecule has 116 valence electrons. The third kappa shape index (κ3) is 5.75. The number of carbonyl (C=O) groups excluding carboxylic acids is 1. The van der Waals surface area contributed by atoms with Gasteiger partial charge in [-0.2, -0.15) is 0 Å². The fourth-order valence-corrected chi connectivity index (χ4v) is 1.90. The minimum absolute atomic E-state index is 0.0898. The third-order valence-electron chi connectivity index (χ3n) is 3.52. The number of ether oxygens (including phenoxy) is 1. The maximum Gasteiger partial charge on any atom is 0.317 e. The molecule has 1 fully saturated rings. The van der Waals surface area contributed by atoms with Gasteiger partial charge in [0.05, 0.1) is 12.0 Å². The number of aliphatic carboxylic acids is 1. The van der Waals surface area contributed by atoms with Gasteiger partial charge in [-0.05, 0) is 13.8 Å². The van der Waals surface area contributed by atoms with E-state index in [9.17, 15) is 9.59 Å². The van der Waals surface area contributed by atoms with Crippen LogP contribution < -0.4 is 5.32 Å². The molecule has 0 aromatic rings. The van der Waals surface area contributed by atoms with Gasteiger partial charge in [0.25, 0.3) is 0 Å². The maximum absolute atomic E-state index is 12.0. The average molecular weight is 287 g/mol. The van der Waals surface area contributed by atoms with E-state index < -0.39 is 5.97 Å². The number of nitrogens with zero attached hydrogens (tertiary/aromatic N) is 2. The number of nitrogens with one attached hydrogen (secondary N) is 1. The highest BCUT2D eigenvalue weighted by Crippen LogP contribution is 2.06. The number of hydrogen-bond acceptors (Lipinski definition) is 4. The minimum Gasteiger partial charge on any atom is -0.481 e. The molecule has 0 aromatic carbocycles. The molecule has 0 bridgehead atoms. The van der Waals surface area contributed by atoms with Gasteiger partial charge >= 0.3 is 12.0 Å². The molecule has 0 aromatic heterocycles. The Kier molecular flexibility index (Phi) is 6.22. The summed E-state index contributed by atoms with van der Waals surface area (Å²) in [6, 6.07) is -0.0898. The van der Waals surface area contributed by atoms with Crippen molar-refractivity contribution in [2.45, 2.75) is 25.9 Å². The van der Waals surface area contributed by atoms with Crippen LogP contribution in [0.1, 0.15) is 20.3 Å². The zero-order valence-corrected chi connectivity index (χ0v) is 12.5. The Morgan fingerprint density at radius 1 is 1.25 bits per heavy atom. The predicted molar refractivity (Wildman–Crippen MR) is 74.8 cm³/mol. The molecule has 0 atom stereocenters. The standard InChI is InChI=1S/C13H25N3O4/c1-13(2,20-3)10-14-12(19)16-8-6-15(7-9-16)5-4-11(17)18/h4-10H2,1-3H3,(H,14,19)(H,17,18). The van der Waals surface area contributed by atoms with Gasteiger partial charge in [-0.3, -0.25) is 9.69 Å². The molecule has 1 saturated heterocycles. The summed E-state index contributed by atoms with van der Waals surface area (Å²) < 4.78 is 5.25. The lowest BCUT2D eigenvalue weighted by Crippen LogP contribution is -2.53. The normalized spacial score (nSPS) is 17.1. The Morgan fingerprint density at radius 3 is 2.35 bits per heavy atom. The van der Waals surface area contributed by atoms with Crippen molar-refractivity contribution in [3.05, 3.63) is 0 Å². The van der Waals surface area contributed by atoms with Crippen LogP contribution in [-0.2, 0) is 9.53 Å². The van der Waals surface area contributed by atoms with Gasteiger partial charge in [0, 0.05) is 46.4 Å². The Balaban J connectivity index is 2.27.